The zero-order valence-electron chi connectivity index (χ0n) is 24.1. The molecule has 0 spiro atoms. The van der Waals surface area contributed by atoms with E-state index in [-0.39, 0.29) is 6.10 Å². The quantitative estimate of drug-likeness (QED) is 0.156. The van der Waals surface area contributed by atoms with Gasteiger partial charge in [-0.3, -0.25) is 0 Å². The molecule has 3 aromatic heterocycles. The van der Waals surface area contributed by atoms with E-state index in [0.29, 0.717) is 19.8 Å². The van der Waals surface area contributed by atoms with Crippen molar-refractivity contribution >= 4 is 44.7 Å². The largest absolute Gasteiger partial charge is 0.491 e. The molecule has 2 atom stereocenters. The standard InChI is InChI=1S/C32H33BrN6O3S2/c33-26-17-30(43-22-26)32(23-36-11-9-34-24-36)41-20-29(42-32)19-40-28-8-4-7-27(18-28)37-13-15-38(16-14-37)39-12-10-35-31(39)44-21-25-5-2-1-3-6-25/h1-12,17-18,22,24,29H,13-16,19-21,23H2/t29-,32+/m0/s1. The summed E-state index contributed by atoms with van der Waals surface area (Å²) in [4.78, 5) is 12.2. The summed E-state index contributed by atoms with van der Waals surface area (Å²) in [5.41, 5.74) is 2.46. The van der Waals surface area contributed by atoms with Crippen molar-refractivity contribution in [3.63, 3.8) is 0 Å². The van der Waals surface area contributed by atoms with Gasteiger partial charge in [0, 0.05) is 65.2 Å². The fourth-order valence-corrected chi connectivity index (χ4v) is 7.97. The van der Waals surface area contributed by atoms with E-state index in [1.807, 2.05) is 28.4 Å². The first-order chi connectivity index (χ1) is 21.6. The van der Waals surface area contributed by atoms with Crippen LogP contribution in [0.25, 0.3) is 0 Å². The number of anilines is 1. The molecule has 0 bridgehead atoms. The van der Waals surface area contributed by atoms with Gasteiger partial charge in [0.2, 0.25) is 5.79 Å². The molecule has 0 amide bonds. The lowest BCUT2D eigenvalue weighted by molar-refractivity contribution is -0.186. The molecule has 2 aromatic carbocycles. The highest BCUT2D eigenvalue weighted by molar-refractivity contribution is 9.10. The smallest absolute Gasteiger partial charge is 0.223 e. The molecule has 7 rings (SSSR count). The van der Waals surface area contributed by atoms with Crippen molar-refractivity contribution in [2.75, 3.05) is 49.3 Å². The summed E-state index contributed by atoms with van der Waals surface area (Å²) in [5, 5.41) is 5.44. The highest BCUT2D eigenvalue weighted by atomic mass is 79.9. The van der Waals surface area contributed by atoms with Crippen LogP contribution in [0.15, 0.2) is 107 Å². The van der Waals surface area contributed by atoms with Gasteiger partial charge in [-0.2, -0.15) is 0 Å². The summed E-state index contributed by atoms with van der Waals surface area (Å²) >= 11 is 6.96. The summed E-state index contributed by atoms with van der Waals surface area (Å²) in [6, 6.07) is 20.9. The lowest BCUT2D eigenvalue weighted by Crippen LogP contribution is -2.51. The molecule has 9 nitrogen and oxygen atoms in total. The topological polar surface area (TPSA) is 69.8 Å². The van der Waals surface area contributed by atoms with Crippen LogP contribution in [0, 0.1) is 0 Å². The van der Waals surface area contributed by atoms with Crippen LogP contribution in [0.5, 0.6) is 5.75 Å². The molecule has 12 heteroatoms. The molecule has 0 saturated carbocycles. The normalized spacial score (nSPS) is 20.3. The van der Waals surface area contributed by atoms with E-state index in [1.165, 1.54) is 5.56 Å². The zero-order valence-corrected chi connectivity index (χ0v) is 27.3. The molecule has 0 unspecified atom stereocenters. The number of thiophene rings is 1. The minimum atomic E-state index is -0.873. The molecule has 5 heterocycles. The lowest BCUT2D eigenvalue weighted by Gasteiger charge is -2.38. The van der Waals surface area contributed by atoms with Crippen LogP contribution in [0.1, 0.15) is 10.4 Å². The molecule has 0 radical (unpaired) electrons. The van der Waals surface area contributed by atoms with Crippen LogP contribution in [-0.4, -0.2) is 64.7 Å². The number of ether oxygens (including phenoxy) is 3. The van der Waals surface area contributed by atoms with Crippen molar-refractivity contribution in [2.24, 2.45) is 0 Å². The van der Waals surface area contributed by atoms with Gasteiger partial charge in [-0.15, -0.1) is 11.3 Å². The third-order valence-corrected chi connectivity index (χ3v) is 10.6. The molecule has 2 fully saturated rings. The van der Waals surface area contributed by atoms with Gasteiger partial charge in [0.25, 0.3) is 0 Å². The second kappa shape index (κ2) is 13.4. The fraction of sp³-hybridized carbons (Fsp3) is 0.312. The van der Waals surface area contributed by atoms with Crippen LogP contribution < -0.4 is 14.6 Å². The molecule has 0 aliphatic carbocycles. The molecule has 0 N–H and O–H groups in total. The molecular formula is C32H33BrN6O3S2. The number of piperazine rings is 1. The molecule has 228 valence electrons. The number of benzene rings is 2. The van der Waals surface area contributed by atoms with Crippen molar-refractivity contribution < 1.29 is 14.2 Å². The minimum absolute atomic E-state index is 0.198. The van der Waals surface area contributed by atoms with E-state index in [9.17, 15) is 0 Å². The summed E-state index contributed by atoms with van der Waals surface area (Å²) in [6.45, 7) is 5.01. The Kier molecular flexibility index (Phi) is 8.94. The number of rotatable bonds is 11. The average molecular weight is 694 g/mol. The van der Waals surface area contributed by atoms with Gasteiger partial charge < -0.3 is 28.7 Å². The predicted octanol–water partition coefficient (Wildman–Crippen LogP) is 6.00. The second-order valence-electron chi connectivity index (χ2n) is 10.7. The Labute approximate surface area is 273 Å². The minimum Gasteiger partial charge on any atom is -0.491 e. The highest BCUT2D eigenvalue weighted by Crippen LogP contribution is 2.40. The van der Waals surface area contributed by atoms with Crippen LogP contribution in [0.4, 0.5) is 5.69 Å². The maximum absolute atomic E-state index is 6.56. The van der Waals surface area contributed by atoms with Gasteiger partial charge in [-0.25, -0.2) is 14.6 Å². The first-order valence-corrected chi connectivity index (χ1v) is 17.2. The number of imidazole rings is 2. The third-order valence-electron chi connectivity index (χ3n) is 7.73. The number of halogens is 1. The first kappa shape index (κ1) is 29.4. The average Bonchev–Trinajstić information content (AvgIpc) is 3.89. The highest BCUT2D eigenvalue weighted by Gasteiger charge is 2.45. The lowest BCUT2D eigenvalue weighted by atomic mass is 10.2. The first-order valence-electron chi connectivity index (χ1n) is 14.6. The Bertz CT molecular complexity index is 1640. The molecular weight excluding hydrogens is 660 g/mol. The summed E-state index contributed by atoms with van der Waals surface area (Å²) < 4.78 is 24.4. The van der Waals surface area contributed by atoms with Gasteiger partial charge in [0.15, 0.2) is 5.16 Å². The molecule has 44 heavy (non-hydrogen) atoms. The SMILES string of the molecule is Brc1csc([C@]2(Cn3ccnc3)OC[C@H](COc3cccc(N4CCN(n5ccnc5SCc5ccccc5)CC4)c3)O2)c1. The maximum Gasteiger partial charge on any atom is 0.223 e. The number of aromatic nitrogens is 4. The molecule has 2 aliphatic heterocycles. The van der Waals surface area contributed by atoms with Crippen molar-refractivity contribution in [1.82, 2.24) is 19.2 Å². The Hall–Kier alpha value is -3.29. The van der Waals surface area contributed by atoms with E-state index >= 15 is 0 Å². The second-order valence-corrected chi connectivity index (χ2v) is 13.5. The van der Waals surface area contributed by atoms with Gasteiger partial charge >= 0.3 is 0 Å². The monoisotopic (exact) mass is 692 g/mol. The number of hydrogen-bond acceptors (Lipinski definition) is 9. The fourth-order valence-electron chi connectivity index (χ4n) is 5.52. The van der Waals surface area contributed by atoms with Crippen LogP contribution in [-0.2, 0) is 27.6 Å². The Morgan fingerprint density at radius 3 is 2.70 bits per heavy atom. The molecule has 2 saturated heterocycles. The van der Waals surface area contributed by atoms with Crippen molar-refractivity contribution in [3.8, 4) is 5.75 Å². The van der Waals surface area contributed by atoms with Crippen LogP contribution in [0.3, 0.4) is 0 Å². The van der Waals surface area contributed by atoms with Crippen LogP contribution in [0.2, 0.25) is 0 Å². The number of thioether (sulfide) groups is 1. The Morgan fingerprint density at radius 2 is 1.91 bits per heavy atom. The van der Waals surface area contributed by atoms with E-state index < -0.39 is 5.79 Å². The van der Waals surface area contributed by atoms with Gasteiger partial charge in [-0.1, -0.05) is 48.2 Å². The van der Waals surface area contributed by atoms with E-state index in [2.05, 4.69) is 101 Å². The zero-order chi connectivity index (χ0) is 29.8. The molecule has 2 aliphatic rings. The Morgan fingerprint density at radius 1 is 1.02 bits per heavy atom. The summed E-state index contributed by atoms with van der Waals surface area (Å²) in [5.74, 6) is 0.857. The van der Waals surface area contributed by atoms with Gasteiger partial charge in [0.05, 0.1) is 37.4 Å². The maximum atomic E-state index is 6.56. The number of hydrogen-bond donors (Lipinski definition) is 0. The molecule has 5 aromatic rings. The van der Waals surface area contributed by atoms with Gasteiger partial charge in [-0.05, 0) is 39.7 Å². The van der Waals surface area contributed by atoms with E-state index in [4.69, 9.17) is 14.2 Å². The van der Waals surface area contributed by atoms with Crippen molar-refractivity contribution in [3.05, 3.63) is 112 Å². The van der Waals surface area contributed by atoms with Crippen LogP contribution >= 0.6 is 39.0 Å². The third kappa shape index (κ3) is 6.69. The van der Waals surface area contributed by atoms with E-state index in [0.717, 1.165) is 57.9 Å². The van der Waals surface area contributed by atoms with Crippen molar-refractivity contribution in [2.45, 2.75) is 29.3 Å². The summed E-state index contributed by atoms with van der Waals surface area (Å²) in [6.07, 6.45) is 9.23. The van der Waals surface area contributed by atoms with Gasteiger partial charge in [0.1, 0.15) is 18.5 Å². The summed E-state index contributed by atoms with van der Waals surface area (Å²) in [7, 11) is 0. The Balaban J connectivity index is 0.939. The number of nitrogens with zero attached hydrogens (tertiary/aromatic N) is 6. The predicted molar refractivity (Wildman–Crippen MR) is 177 cm³/mol. The van der Waals surface area contributed by atoms with E-state index in [1.54, 1.807) is 35.6 Å². The van der Waals surface area contributed by atoms with Crippen molar-refractivity contribution in [1.29, 1.82) is 0 Å².